The lowest BCUT2D eigenvalue weighted by Crippen LogP contribution is -1.96. The highest BCUT2D eigenvalue weighted by atomic mass is 14.7. The summed E-state index contributed by atoms with van der Waals surface area (Å²) < 4.78 is 0. The standard InChI is InChI=1S/C21H23N/c1-3-4-14-22-15-21-19-10-6-5-9-17(19)12-13-20(21)18-11-7-8-16(18)2/h5-10,12-13,15H,3-4,11,14H2,1-2H3. The van der Waals surface area contributed by atoms with E-state index in [1.807, 2.05) is 0 Å². The molecule has 0 atom stereocenters. The molecular weight excluding hydrogens is 266 g/mol. The monoisotopic (exact) mass is 289 g/mol. The Hall–Kier alpha value is -2.15. The average Bonchev–Trinajstić information content (AvgIpc) is 2.97. The number of hydrogen-bond acceptors (Lipinski definition) is 1. The van der Waals surface area contributed by atoms with Crippen LogP contribution in [-0.4, -0.2) is 12.8 Å². The highest BCUT2D eigenvalue weighted by molar-refractivity contribution is 6.05. The number of rotatable bonds is 5. The molecule has 0 saturated heterocycles. The van der Waals surface area contributed by atoms with Gasteiger partial charge in [-0.05, 0) is 47.2 Å². The zero-order valence-electron chi connectivity index (χ0n) is 13.5. The van der Waals surface area contributed by atoms with Crippen molar-refractivity contribution in [2.75, 3.05) is 6.54 Å². The predicted octanol–water partition coefficient (Wildman–Crippen LogP) is 5.79. The van der Waals surface area contributed by atoms with Crippen molar-refractivity contribution in [3.8, 4) is 0 Å². The SMILES string of the molecule is CCCCN=Cc1c(C2=C(C)C=CC2)ccc2ccccc12. The summed E-state index contributed by atoms with van der Waals surface area (Å²) in [4.78, 5) is 4.67. The molecule has 2 aromatic carbocycles. The molecule has 112 valence electrons. The summed E-state index contributed by atoms with van der Waals surface area (Å²) in [5.41, 5.74) is 5.41. The van der Waals surface area contributed by atoms with Crippen molar-refractivity contribution >= 4 is 22.6 Å². The molecular formula is C21H23N. The van der Waals surface area contributed by atoms with Crippen molar-refractivity contribution in [1.82, 2.24) is 0 Å². The molecule has 0 aliphatic heterocycles. The Balaban J connectivity index is 2.11. The summed E-state index contributed by atoms with van der Waals surface area (Å²) in [5, 5.41) is 2.58. The van der Waals surface area contributed by atoms with E-state index in [1.54, 1.807) is 0 Å². The lowest BCUT2D eigenvalue weighted by molar-refractivity contribution is 0.810. The van der Waals surface area contributed by atoms with Gasteiger partial charge in [0.25, 0.3) is 0 Å². The molecule has 0 spiro atoms. The zero-order chi connectivity index (χ0) is 15.4. The second-order valence-electron chi connectivity index (χ2n) is 5.90. The minimum absolute atomic E-state index is 0.912. The van der Waals surface area contributed by atoms with Crippen molar-refractivity contribution in [3.63, 3.8) is 0 Å². The molecule has 0 amide bonds. The molecule has 0 N–H and O–H groups in total. The molecule has 1 heteroatoms. The fourth-order valence-electron chi connectivity index (χ4n) is 3.04. The molecule has 0 unspecified atom stereocenters. The first-order valence-electron chi connectivity index (χ1n) is 8.19. The Morgan fingerprint density at radius 1 is 1.14 bits per heavy atom. The summed E-state index contributed by atoms with van der Waals surface area (Å²) in [6.45, 7) is 5.32. The van der Waals surface area contributed by atoms with E-state index in [9.17, 15) is 0 Å². The summed E-state index contributed by atoms with van der Waals surface area (Å²) in [7, 11) is 0. The smallest absolute Gasteiger partial charge is 0.0389 e. The van der Waals surface area contributed by atoms with E-state index in [0.29, 0.717) is 0 Å². The van der Waals surface area contributed by atoms with Crippen molar-refractivity contribution < 1.29 is 0 Å². The van der Waals surface area contributed by atoms with Crippen molar-refractivity contribution in [2.24, 2.45) is 4.99 Å². The zero-order valence-corrected chi connectivity index (χ0v) is 13.5. The summed E-state index contributed by atoms with van der Waals surface area (Å²) in [6, 6.07) is 13.1. The van der Waals surface area contributed by atoms with Gasteiger partial charge in [0, 0.05) is 18.3 Å². The number of fused-ring (bicyclic) bond motifs is 1. The molecule has 22 heavy (non-hydrogen) atoms. The van der Waals surface area contributed by atoms with Crippen LogP contribution in [0.2, 0.25) is 0 Å². The van der Waals surface area contributed by atoms with Gasteiger partial charge < -0.3 is 0 Å². The first-order valence-corrected chi connectivity index (χ1v) is 8.19. The summed E-state index contributed by atoms with van der Waals surface area (Å²) in [6.07, 6.45) is 9.93. The Morgan fingerprint density at radius 3 is 2.77 bits per heavy atom. The quantitative estimate of drug-likeness (QED) is 0.488. The normalized spacial score (nSPS) is 14.6. The second-order valence-corrected chi connectivity index (χ2v) is 5.90. The summed E-state index contributed by atoms with van der Waals surface area (Å²) in [5.74, 6) is 0. The maximum absolute atomic E-state index is 4.67. The lowest BCUT2D eigenvalue weighted by Gasteiger charge is -2.12. The van der Waals surface area contributed by atoms with Crippen LogP contribution in [0.3, 0.4) is 0 Å². The first kappa shape index (κ1) is 14.8. The van der Waals surface area contributed by atoms with Gasteiger partial charge in [0.2, 0.25) is 0 Å². The minimum Gasteiger partial charge on any atom is -0.293 e. The van der Waals surface area contributed by atoms with Gasteiger partial charge in [0.05, 0.1) is 0 Å². The van der Waals surface area contributed by atoms with Gasteiger partial charge in [-0.25, -0.2) is 0 Å². The molecule has 1 nitrogen and oxygen atoms in total. The molecule has 0 heterocycles. The van der Waals surface area contributed by atoms with Crippen LogP contribution < -0.4 is 0 Å². The number of nitrogens with zero attached hydrogens (tertiary/aromatic N) is 1. The van der Waals surface area contributed by atoms with Crippen LogP contribution in [0.25, 0.3) is 16.3 Å². The fourth-order valence-corrected chi connectivity index (χ4v) is 3.04. The molecule has 2 aromatic rings. The van der Waals surface area contributed by atoms with Gasteiger partial charge in [-0.15, -0.1) is 0 Å². The van der Waals surface area contributed by atoms with Gasteiger partial charge in [-0.3, -0.25) is 4.99 Å². The summed E-state index contributed by atoms with van der Waals surface area (Å²) >= 11 is 0. The third-order valence-electron chi connectivity index (χ3n) is 4.32. The predicted molar refractivity (Wildman–Crippen MR) is 97.7 cm³/mol. The van der Waals surface area contributed by atoms with E-state index in [1.165, 1.54) is 39.5 Å². The molecule has 1 aliphatic rings. The Kier molecular flexibility index (Phi) is 4.53. The van der Waals surface area contributed by atoms with Crippen LogP contribution in [0.4, 0.5) is 0 Å². The molecule has 0 aromatic heterocycles. The van der Waals surface area contributed by atoms with Gasteiger partial charge in [0.15, 0.2) is 0 Å². The molecule has 0 radical (unpaired) electrons. The molecule has 1 aliphatic carbocycles. The molecule has 0 fully saturated rings. The van der Waals surface area contributed by atoms with E-state index in [0.717, 1.165) is 19.4 Å². The van der Waals surface area contributed by atoms with Crippen LogP contribution in [0.5, 0.6) is 0 Å². The van der Waals surface area contributed by atoms with E-state index in [4.69, 9.17) is 0 Å². The number of unbranched alkanes of at least 4 members (excludes halogenated alkanes) is 1. The Labute approximate surface area is 133 Å². The largest absolute Gasteiger partial charge is 0.293 e. The van der Waals surface area contributed by atoms with Crippen molar-refractivity contribution in [2.45, 2.75) is 33.1 Å². The maximum atomic E-state index is 4.67. The van der Waals surface area contributed by atoms with Gasteiger partial charge >= 0.3 is 0 Å². The van der Waals surface area contributed by atoms with Crippen LogP contribution in [-0.2, 0) is 0 Å². The maximum Gasteiger partial charge on any atom is 0.0389 e. The highest BCUT2D eigenvalue weighted by Crippen LogP contribution is 2.33. The van der Waals surface area contributed by atoms with Crippen molar-refractivity contribution in [3.05, 3.63) is 65.3 Å². The van der Waals surface area contributed by atoms with Crippen molar-refractivity contribution in [1.29, 1.82) is 0 Å². The highest BCUT2D eigenvalue weighted by Gasteiger charge is 2.13. The topological polar surface area (TPSA) is 12.4 Å². The first-order chi connectivity index (χ1) is 10.8. The van der Waals surface area contributed by atoms with Crippen LogP contribution in [0.15, 0.2) is 59.1 Å². The Morgan fingerprint density at radius 2 is 2.00 bits per heavy atom. The molecule has 0 bridgehead atoms. The number of allylic oxidation sites excluding steroid dienone is 4. The average molecular weight is 289 g/mol. The van der Waals surface area contributed by atoms with Gasteiger partial charge in [-0.2, -0.15) is 0 Å². The minimum atomic E-state index is 0.912. The lowest BCUT2D eigenvalue weighted by atomic mass is 9.92. The molecule has 0 saturated carbocycles. The number of aliphatic imine (C=N–C) groups is 1. The van der Waals surface area contributed by atoms with E-state index >= 15 is 0 Å². The van der Waals surface area contributed by atoms with Crippen LogP contribution in [0.1, 0.15) is 44.2 Å². The third-order valence-corrected chi connectivity index (χ3v) is 4.32. The third kappa shape index (κ3) is 2.89. The second kappa shape index (κ2) is 6.74. The van der Waals surface area contributed by atoms with Gasteiger partial charge in [-0.1, -0.05) is 61.9 Å². The van der Waals surface area contributed by atoms with Crippen LogP contribution >= 0.6 is 0 Å². The van der Waals surface area contributed by atoms with E-state index in [2.05, 4.69) is 73.6 Å². The van der Waals surface area contributed by atoms with E-state index in [-0.39, 0.29) is 0 Å². The van der Waals surface area contributed by atoms with E-state index < -0.39 is 0 Å². The number of benzene rings is 2. The number of hydrogen-bond donors (Lipinski definition) is 0. The Bertz CT molecular complexity index is 763. The van der Waals surface area contributed by atoms with Crippen LogP contribution in [0, 0.1) is 0 Å². The molecule has 3 rings (SSSR count). The fraction of sp³-hybridized carbons (Fsp3) is 0.286. The van der Waals surface area contributed by atoms with Gasteiger partial charge in [0.1, 0.15) is 0 Å².